The lowest BCUT2D eigenvalue weighted by Gasteiger charge is -2.26. The van der Waals surface area contributed by atoms with Crippen LogP contribution in [0.3, 0.4) is 0 Å². The molecule has 16 heavy (non-hydrogen) atoms. The average Bonchev–Trinajstić information content (AvgIpc) is 2.78. The molecule has 0 atom stereocenters. The monoisotopic (exact) mass is 221 g/mol. The van der Waals surface area contributed by atoms with Crippen LogP contribution in [0.25, 0.3) is 0 Å². The Morgan fingerprint density at radius 3 is 2.69 bits per heavy atom. The fraction of sp³-hybridized carbons (Fsp3) is 0.583. The van der Waals surface area contributed by atoms with E-state index in [-0.39, 0.29) is 12.0 Å². The van der Waals surface area contributed by atoms with E-state index in [2.05, 4.69) is 10.3 Å². The van der Waals surface area contributed by atoms with Gasteiger partial charge in [-0.3, -0.25) is 0 Å². The predicted molar refractivity (Wildman–Crippen MR) is 65.1 cm³/mol. The highest BCUT2D eigenvalue weighted by molar-refractivity contribution is 5.43. The summed E-state index contributed by atoms with van der Waals surface area (Å²) in [6, 6.07) is 3.70. The Morgan fingerprint density at radius 2 is 2.12 bits per heavy atom. The minimum Gasteiger partial charge on any atom is -0.397 e. The maximum absolute atomic E-state index is 9.46. The van der Waals surface area contributed by atoms with Crippen LogP contribution in [-0.2, 0) is 0 Å². The number of nitrogens with two attached hydrogens (primary N) is 1. The third-order valence-corrected chi connectivity index (χ3v) is 3.43. The van der Waals surface area contributed by atoms with E-state index in [0.717, 1.165) is 25.2 Å². The van der Waals surface area contributed by atoms with Crippen molar-refractivity contribution in [3.05, 3.63) is 18.3 Å². The number of pyridine rings is 1. The Morgan fingerprint density at radius 1 is 1.38 bits per heavy atom. The maximum Gasteiger partial charge on any atom is 0.126 e. The fourth-order valence-electron chi connectivity index (χ4n) is 2.30. The molecule has 1 aromatic heterocycles. The highest BCUT2D eigenvalue weighted by Crippen LogP contribution is 2.37. The van der Waals surface area contributed by atoms with Gasteiger partial charge in [-0.25, -0.2) is 4.98 Å². The van der Waals surface area contributed by atoms with E-state index >= 15 is 0 Å². The van der Waals surface area contributed by atoms with Gasteiger partial charge in [-0.2, -0.15) is 0 Å². The Balaban J connectivity index is 1.93. The maximum atomic E-state index is 9.46. The Bertz CT molecular complexity index is 331. The molecule has 88 valence electrons. The van der Waals surface area contributed by atoms with Crippen LogP contribution in [0.4, 0.5) is 11.5 Å². The largest absolute Gasteiger partial charge is 0.397 e. The molecule has 0 unspecified atom stereocenters. The summed E-state index contributed by atoms with van der Waals surface area (Å²) in [5, 5.41) is 12.7. The first-order valence-corrected chi connectivity index (χ1v) is 5.80. The SMILES string of the molecule is Nc1ccc(NCC2(CO)CCCC2)nc1. The molecule has 1 aliphatic carbocycles. The number of anilines is 2. The summed E-state index contributed by atoms with van der Waals surface area (Å²) in [5.41, 5.74) is 6.30. The summed E-state index contributed by atoms with van der Waals surface area (Å²) >= 11 is 0. The molecule has 0 spiro atoms. The number of hydrogen-bond acceptors (Lipinski definition) is 4. The second-order valence-corrected chi connectivity index (χ2v) is 4.70. The van der Waals surface area contributed by atoms with Crippen LogP contribution in [-0.4, -0.2) is 23.2 Å². The summed E-state index contributed by atoms with van der Waals surface area (Å²) in [4.78, 5) is 4.19. The van der Waals surface area contributed by atoms with E-state index in [4.69, 9.17) is 5.73 Å². The first kappa shape index (κ1) is 11.2. The molecular weight excluding hydrogens is 202 g/mol. The number of nitrogens with zero attached hydrogens (tertiary/aromatic N) is 1. The van der Waals surface area contributed by atoms with E-state index in [0.29, 0.717) is 5.69 Å². The first-order chi connectivity index (χ1) is 7.74. The highest BCUT2D eigenvalue weighted by Gasteiger charge is 2.32. The molecular formula is C12H19N3O. The summed E-state index contributed by atoms with van der Waals surface area (Å²) in [7, 11) is 0. The van der Waals surface area contributed by atoms with Crippen LogP contribution in [0.15, 0.2) is 18.3 Å². The number of aromatic nitrogens is 1. The van der Waals surface area contributed by atoms with E-state index in [1.165, 1.54) is 12.8 Å². The van der Waals surface area contributed by atoms with Crippen LogP contribution >= 0.6 is 0 Å². The normalized spacial score (nSPS) is 18.6. The molecule has 4 nitrogen and oxygen atoms in total. The molecule has 1 aromatic rings. The van der Waals surface area contributed by atoms with Crippen molar-refractivity contribution in [2.45, 2.75) is 25.7 Å². The number of rotatable bonds is 4. The van der Waals surface area contributed by atoms with Gasteiger partial charge in [0, 0.05) is 12.0 Å². The van der Waals surface area contributed by atoms with E-state index < -0.39 is 0 Å². The second kappa shape index (κ2) is 4.70. The topological polar surface area (TPSA) is 71.2 Å². The van der Waals surface area contributed by atoms with Gasteiger partial charge in [-0.15, -0.1) is 0 Å². The van der Waals surface area contributed by atoms with Crippen molar-refractivity contribution in [3.8, 4) is 0 Å². The third-order valence-electron chi connectivity index (χ3n) is 3.43. The van der Waals surface area contributed by atoms with Gasteiger partial charge in [0.2, 0.25) is 0 Å². The second-order valence-electron chi connectivity index (χ2n) is 4.70. The van der Waals surface area contributed by atoms with Gasteiger partial charge in [0.15, 0.2) is 0 Å². The van der Waals surface area contributed by atoms with Crippen molar-refractivity contribution in [2.75, 3.05) is 24.2 Å². The Hall–Kier alpha value is -1.29. The molecule has 2 rings (SSSR count). The lowest BCUT2D eigenvalue weighted by Crippen LogP contribution is -2.30. The number of aliphatic hydroxyl groups excluding tert-OH is 1. The Kier molecular flexibility index (Phi) is 3.29. The minimum absolute atomic E-state index is 0.0586. The molecule has 0 bridgehead atoms. The Labute approximate surface area is 95.9 Å². The lowest BCUT2D eigenvalue weighted by molar-refractivity contribution is 0.142. The molecule has 4 heteroatoms. The average molecular weight is 221 g/mol. The smallest absolute Gasteiger partial charge is 0.126 e. The van der Waals surface area contributed by atoms with Crippen molar-refractivity contribution in [1.82, 2.24) is 4.98 Å². The van der Waals surface area contributed by atoms with Crippen molar-refractivity contribution >= 4 is 11.5 Å². The summed E-state index contributed by atoms with van der Waals surface area (Å²) in [6.45, 7) is 1.05. The summed E-state index contributed by atoms with van der Waals surface area (Å²) in [6.07, 6.45) is 6.29. The van der Waals surface area contributed by atoms with Gasteiger partial charge in [0.1, 0.15) is 5.82 Å². The third kappa shape index (κ3) is 2.44. The molecule has 4 N–H and O–H groups in total. The van der Waals surface area contributed by atoms with Crippen molar-refractivity contribution in [1.29, 1.82) is 0 Å². The van der Waals surface area contributed by atoms with E-state index in [1.807, 2.05) is 12.1 Å². The minimum atomic E-state index is 0.0586. The molecule has 0 aliphatic heterocycles. The predicted octanol–water partition coefficient (Wildman–Crippen LogP) is 1.63. The summed E-state index contributed by atoms with van der Waals surface area (Å²) < 4.78 is 0. The van der Waals surface area contributed by atoms with E-state index in [1.54, 1.807) is 6.20 Å². The van der Waals surface area contributed by atoms with Gasteiger partial charge >= 0.3 is 0 Å². The molecule has 0 aromatic carbocycles. The first-order valence-electron chi connectivity index (χ1n) is 5.80. The van der Waals surface area contributed by atoms with Crippen LogP contribution in [0.1, 0.15) is 25.7 Å². The van der Waals surface area contributed by atoms with Crippen molar-refractivity contribution in [2.24, 2.45) is 5.41 Å². The zero-order chi connectivity index (χ0) is 11.4. The standard InChI is InChI=1S/C12H19N3O/c13-10-3-4-11(14-7-10)15-8-12(9-16)5-1-2-6-12/h3-4,7,16H,1-2,5-6,8-9,13H2,(H,14,15). The number of hydrogen-bond donors (Lipinski definition) is 3. The highest BCUT2D eigenvalue weighted by atomic mass is 16.3. The van der Waals surface area contributed by atoms with Crippen LogP contribution in [0.5, 0.6) is 0 Å². The number of aliphatic hydroxyl groups is 1. The van der Waals surface area contributed by atoms with Crippen molar-refractivity contribution in [3.63, 3.8) is 0 Å². The number of nitrogen functional groups attached to an aromatic ring is 1. The molecule has 0 amide bonds. The quantitative estimate of drug-likeness (QED) is 0.722. The van der Waals surface area contributed by atoms with Gasteiger partial charge in [-0.1, -0.05) is 12.8 Å². The molecule has 1 heterocycles. The molecule has 1 aliphatic rings. The van der Waals surface area contributed by atoms with E-state index in [9.17, 15) is 5.11 Å². The van der Waals surface area contributed by atoms with Gasteiger partial charge in [0.05, 0.1) is 18.5 Å². The fourth-order valence-corrected chi connectivity index (χ4v) is 2.30. The lowest BCUT2D eigenvalue weighted by atomic mass is 9.87. The van der Waals surface area contributed by atoms with Gasteiger partial charge in [-0.05, 0) is 25.0 Å². The van der Waals surface area contributed by atoms with Crippen LogP contribution < -0.4 is 11.1 Å². The molecule has 1 saturated carbocycles. The van der Waals surface area contributed by atoms with Crippen molar-refractivity contribution < 1.29 is 5.11 Å². The van der Waals surface area contributed by atoms with Crippen LogP contribution in [0, 0.1) is 5.41 Å². The molecule has 0 saturated heterocycles. The number of nitrogens with one attached hydrogen (secondary N) is 1. The molecule has 0 radical (unpaired) electrons. The van der Waals surface area contributed by atoms with Crippen LogP contribution in [0.2, 0.25) is 0 Å². The zero-order valence-electron chi connectivity index (χ0n) is 9.45. The zero-order valence-corrected chi connectivity index (χ0v) is 9.45. The summed E-state index contributed by atoms with van der Waals surface area (Å²) in [5.74, 6) is 0.828. The van der Waals surface area contributed by atoms with Gasteiger partial charge in [0.25, 0.3) is 0 Å². The van der Waals surface area contributed by atoms with Gasteiger partial charge < -0.3 is 16.2 Å². The molecule has 1 fully saturated rings.